The van der Waals surface area contributed by atoms with Gasteiger partial charge in [0.05, 0.1) is 0 Å². The maximum absolute atomic E-state index is 6.49. The van der Waals surface area contributed by atoms with Gasteiger partial charge < -0.3 is 23.6 Å². The molecule has 0 aliphatic carbocycles. The summed E-state index contributed by atoms with van der Waals surface area (Å²) in [4.78, 5) is 8.25. The van der Waals surface area contributed by atoms with E-state index in [0.29, 0.717) is 0 Å². The van der Waals surface area contributed by atoms with Crippen LogP contribution in [-0.2, 0) is 8.85 Å². The maximum Gasteiger partial charge on any atom is 0.335 e. The summed E-state index contributed by atoms with van der Waals surface area (Å²) in [6, 6.07) is 1.07. The molecule has 0 amide bonds. The molecule has 0 aromatic carbocycles. The second-order valence-electron chi connectivity index (χ2n) is 10.5. The number of rotatable bonds is 24. The summed E-state index contributed by atoms with van der Waals surface area (Å²) >= 11 is 0. The van der Waals surface area contributed by atoms with Gasteiger partial charge in [0.25, 0.3) is 0 Å². The zero-order valence-corrected chi connectivity index (χ0v) is 25.9. The van der Waals surface area contributed by atoms with Crippen molar-refractivity contribution < 1.29 is 8.85 Å². The van der Waals surface area contributed by atoms with Crippen molar-refractivity contribution in [1.29, 1.82) is 0 Å². The van der Waals surface area contributed by atoms with Crippen LogP contribution in [0.1, 0.15) is 93.9 Å². The molecule has 34 heavy (non-hydrogen) atoms. The molecule has 0 spiro atoms. The minimum Gasteiger partial charge on any atom is -0.395 e. The highest BCUT2D eigenvalue weighted by Gasteiger charge is 2.45. The van der Waals surface area contributed by atoms with E-state index in [1.807, 2.05) is 0 Å². The fourth-order valence-corrected chi connectivity index (χ4v) is 9.09. The van der Waals surface area contributed by atoms with Crippen molar-refractivity contribution in [2.24, 2.45) is 5.41 Å². The third kappa shape index (κ3) is 13.9. The Bertz CT molecular complexity index is 397. The Kier molecular flexibility index (Phi) is 20.1. The second kappa shape index (κ2) is 20.1. The van der Waals surface area contributed by atoms with E-state index in [2.05, 4.69) is 76.6 Å². The van der Waals surface area contributed by atoms with Crippen molar-refractivity contribution >= 4 is 8.56 Å². The summed E-state index contributed by atoms with van der Waals surface area (Å²) in [6.45, 7) is 32.5. The summed E-state index contributed by atoms with van der Waals surface area (Å²) in [6.07, 6.45) is 7.27. The second-order valence-corrected chi connectivity index (χ2v) is 13.7. The van der Waals surface area contributed by atoms with Gasteiger partial charge in [0, 0.05) is 44.3 Å². The molecule has 0 rings (SSSR count). The lowest BCUT2D eigenvalue weighted by Crippen LogP contribution is -2.57. The van der Waals surface area contributed by atoms with Gasteiger partial charge >= 0.3 is 8.56 Å². The Labute approximate surface area is 216 Å². The van der Waals surface area contributed by atoms with Crippen LogP contribution in [-0.4, -0.2) is 95.4 Å². The van der Waals surface area contributed by atoms with E-state index in [-0.39, 0.29) is 5.41 Å². The quantitative estimate of drug-likeness (QED) is 0.141. The van der Waals surface area contributed by atoms with Crippen LogP contribution >= 0.6 is 0 Å². The van der Waals surface area contributed by atoms with Crippen LogP contribution in [0.5, 0.6) is 0 Å². The van der Waals surface area contributed by atoms with E-state index in [9.17, 15) is 0 Å². The molecule has 0 aliphatic heterocycles. The molecule has 0 saturated carbocycles. The van der Waals surface area contributed by atoms with Gasteiger partial charge in [0.1, 0.15) is 0 Å². The zero-order valence-electron chi connectivity index (χ0n) is 24.9. The SMILES string of the molecule is CCCN(CCC)CC(CN(CCC)CCC)(CN(CCC)CCC)C[Si](C)(OCC)OCC. The first kappa shape index (κ1) is 34.0. The van der Waals surface area contributed by atoms with Gasteiger partial charge in [0.15, 0.2) is 0 Å². The molecule has 0 radical (unpaired) electrons. The number of hydrogen-bond donors (Lipinski definition) is 0. The molecule has 0 atom stereocenters. The molecule has 0 N–H and O–H groups in total. The molecule has 0 aromatic heterocycles. The molecule has 0 unspecified atom stereocenters. The minimum absolute atomic E-state index is 0.143. The normalized spacial score (nSPS) is 13.1. The molecular formula is C28H63N3O2Si. The van der Waals surface area contributed by atoms with Crippen LogP contribution in [0.3, 0.4) is 0 Å². The Morgan fingerprint density at radius 3 is 0.971 bits per heavy atom. The summed E-state index contributed by atoms with van der Waals surface area (Å²) in [5.74, 6) is 0. The van der Waals surface area contributed by atoms with E-state index >= 15 is 0 Å². The van der Waals surface area contributed by atoms with Crippen molar-refractivity contribution in [1.82, 2.24) is 14.7 Å². The highest BCUT2D eigenvalue weighted by atomic mass is 28.4. The summed E-state index contributed by atoms with van der Waals surface area (Å²) in [5, 5.41) is 0. The zero-order chi connectivity index (χ0) is 25.9. The summed E-state index contributed by atoms with van der Waals surface area (Å²) < 4.78 is 13.0. The Morgan fingerprint density at radius 2 is 0.765 bits per heavy atom. The first-order valence-corrected chi connectivity index (χ1v) is 17.3. The third-order valence-corrected chi connectivity index (χ3v) is 9.70. The molecule has 0 fully saturated rings. The van der Waals surface area contributed by atoms with E-state index in [1.54, 1.807) is 0 Å². The van der Waals surface area contributed by atoms with Crippen molar-refractivity contribution in [3.05, 3.63) is 0 Å². The molecular weight excluding hydrogens is 438 g/mol. The van der Waals surface area contributed by atoms with Crippen LogP contribution in [0.4, 0.5) is 0 Å². The van der Waals surface area contributed by atoms with Gasteiger partial charge in [-0.2, -0.15) is 0 Å². The number of hydrogen-bond acceptors (Lipinski definition) is 5. The molecule has 0 heterocycles. The highest BCUT2D eigenvalue weighted by molar-refractivity contribution is 6.66. The highest BCUT2D eigenvalue weighted by Crippen LogP contribution is 2.35. The molecule has 0 aromatic rings. The largest absolute Gasteiger partial charge is 0.395 e. The van der Waals surface area contributed by atoms with Gasteiger partial charge in [0.2, 0.25) is 0 Å². The standard InChI is InChI=1S/C28H63N3O2Si/c1-10-18-29(19-11-2)24-28(25-30(20-12-3)21-13-4,26-31(22-14-5)23-15-6)27-34(9,32-16-7)33-17-8/h10-27H2,1-9H3. The average molecular weight is 502 g/mol. The van der Waals surface area contributed by atoms with Crippen molar-refractivity contribution in [3.63, 3.8) is 0 Å². The molecule has 0 saturated heterocycles. The van der Waals surface area contributed by atoms with Crippen molar-refractivity contribution in [2.45, 2.75) is 107 Å². The third-order valence-electron chi connectivity index (χ3n) is 6.51. The number of nitrogens with zero attached hydrogens (tertiary/aromatic N) is 3. The maximum atomic E-state index is 6.49. The lowest BCUT2D eigenvalue weighted by atomic mass is 9.87. The molecule has 0 bridgehead atoms. The molecule has 206 valence electrons. The van der Waals surface area contributed by atoms with Crippen LogP contribution in [0.15, 0.2) is 0 Å². The van der Waals surface area contributed by atoms with Crippen molar-refractivity contribution in [2.75, 3.05) is 72.1 Å². The van der Waals surface area contributed by atoms with Crippen LogP contribution < -0.4 is 0 Å². The van der Waals surface area contributed by atoms with E-state index in [0.717, 1.165) is 38.9 Å². The monoisotopic (exact) mass is 501 g/mol. The van der Waals surface area contributed by atoms with Crippen molar-refractivity contribution in [3.8, 4) is 0 Å². The first-order valence-electron chi connectivity index (χ1n) is 14.8. The summed E-state index contributed by atoms with van der Waals surface area (Å²) in [7, 11) is -2.30. The van der Waals surface area contributed by atoms with E-state index in [4.69, 9.17) is 8.85 Å². The van der Waals surface area contributed by atoms with Gasteiger partial charge in [-0.3, -0.25) is 0 Å². The first-order chi connectivity index (χ1) is 16.3. The van der Waals surface area contributed by atoms with Gasteiger partial charge in [-0.25, -0.2) is 0 Å². The fourth-order valence-electron chi connectivity index (χ4n) is 5.88. The minimum atomic E-state index is -2.30. The van der Waals surface area contributed by atoms with Crippen LogP contribution in [0, 0.1) is 5.41 Å². The lowest BCUT2D eigenvalue weighted by molar-refractivity contribution is 0.0533. The Balaban J connectivity index is 6.48. The van der Waals surface area contributed by atoms with Gasteiger partial charge in [-0.1, -0.05) is 41.5 Å². The lowest BCUT2D eigenvalue weighted by Gasteiger charge is -2.47. The predicted octanol–water partition coefficient (Wildman–Crippen LogP) is 6.48. The predicted molar refractivity (Wildman–Crippen MR) is 153 cm³/mol. The van der Waals surface area contributed by atoms with E-state index in [1.165, 1.54) is 77.8 Å². The topological polar surface area (TPSA) is 28.2 Å². The van der Waals surface area contributed by atoms with Gasteiger partial charge in [-0.15, -0.1) is 0 Å². The molecule has 6 heteroatoms. The van der Waals surface area contributed by atoms with E-state index < -0.39 is 8.56 Å². The Hall–Kier alpha value is 0.0169. The summed E-state index contributed by atoms with van der Waals surface area (Å²) in [5.41, 5.74) is 0.143. The molecule has 0 aliphatic rings. The van der Waals surface area contributed by atoms with Crippen LogP contribution in [0.2, 0.25) is 12.6 Å². The Morgan fingerprint density at radius 1 is 0.500 bits per heavy atom. The molecule has 5 nitrogen and oxygen atoms in total. The average Bonchev–Trinajstić information content (AvgIpc) is 2.75. The van der Waals surface area contributed by atoms with Crippen LogP contribution in [0.25, 0.3) is 0 Å². The fraction of sp³-hybridized carbons (Fsp3) is 1.00. The van der Waals surface area contributed by atoms with Gasteiger partial charge in [-0.05, 0) is 98.2 Å². The smallest absolute Gasteiger partial charge is 0.335 e.